The lowest BCUT2D eigenvalue weighted by molar-refractivity contribution is -0.149. The summed E-state index contributed by atoms with van der Waals surface area (Å²) >= 11 is 0. The highest BCUT2D eigenvalue weighted by Crippen LogP contribution is 2.27. The lowest BCUT2D eigenvalue weighted by atomic mass is 9.96. The molecular formula is C8H15F3N2. The van der Waals surface area contributed by atoms with E-state index in [-0.39, 0.29) is 6.04 Å². The van der Waals surface area contributed by atoms with Crippen LogP contribution in [0.3, 0.4) is 0 Å². The number of halogens is 3. The molecule has 2 unspecified atom stereocenters. The summed E-state index contributed by atoms with van der Waals surface area (Å²) in [6, 6.07) is -0.493. The van der Waals surface area contributed by atoms with Gasteiger partial charge in [0.15, 0.2) is 0 Å². The third kappa shape index (κ3) is 3.52. The number of piperidine rings is 1. The average molecular weight is 196 g/mol. The molecule has 0 spiro atoms. The highest BCUT2D eigenvalue weighted by atomic mass is 19.4. The Morgan fingerprint density at radius 3 is 2.62 bits per heavy atom. The monoisotopic (exact) mass is 196 g/mol. The molecule has 2 nitrogen and oxygen atoms in total. The summed E-state index contributed by atoms with van der Waals surface area (Å²) in [5.41, 5.74) is 5.61. The smallest absolute Gasteiger partial charge is 0.328 e. The summed E-state index contributed by atoms with van der Waals surface area (Å²) < 4.78 is 36.2. The third-order valence-electron chi connectivity index (χ3n) is 2.52. The molecule has 78 valence electrons. The number of rotatable bonds is 1. The zero-order valence-electron chi connectivity index (χ0n) is 7.64. The normalized spacial score (nSPS) is 32.1. The van der Waals surface area contributed by atoms with E-state index < -0.39 is 18.6 Å². The number of nitrogens with two attached hydrogens (primary N) is 1. The first-order chi connectivity index (χ1) is 5.88. The topological polar surface area (TPSA) is 29.3 Å². The van der Waals surface area contributed by atoms with E-state index in [0.717, 1.165) is 6.42 Å². The van der Waals surface area contributed by atoms with E-state index in [1.807, 2.05) is 0 Å². The molecule has 0 amide bonds. The van der Waals surface area contributed by atoms with Gasteiger partial charge in [-0.1, -0.05) is 0 Å². The molecule has 1 heterocycles. The molecule has 1 aliphatic rings. The van der Waals surface area contributed by atoms with Crippen molar-refractivity contribution in [3.8, 4) is 0 Å². The maximum atomic E-state index is 12.1. The molecule has 5 heteroatoms. The average Bonchev–Trinajstić information content (AvgIpc) is 1.94. The van der Waals surface area contributed by atoms with Gasteiger partial charge in [0, 0.05) is 12.1 Å². The van der Waals surface area contributed by atoms with Gasteiger partial charge in [-0.3, -0.25) is 0 Å². The van der Waals surface area contributed by atoms with E-state index in [9.17, 15) is 13.2 Å². The van der Waals surface area contributed by atoms with Crippen molar-refractivity contribution in [2.45, 2.75) is 37.5 Å². The van der Waals surface area contributed by atoms with E-state index >= 15 is 0 Å². The van der Waals surface area contributed by atoms with Crippen LogP contribution in [0, 0.1) is 0 Å². The standard InChI is InChI=1S/C8H15F3N2/c1-13-3-2-6(12)4-7(13)5-8(9,10)11/h6-7H,2-5,12H2,1H3. The Morgan fingerprint density at radius 2 is 2.08 bits per heavy atom. The fraction of sp³-hybridized carbons (Fsp3) is 1.00. The predicted molar refractivity (Wildman–Crippen MR) is 44.3 cm³/mol. The van der Waals surface area contributed by atoms with Crippen molar-refractivity contribution in [2.24, 2.45) is 5.73 Å². The molecular weight excluding hydrogens is 181 g/mol. The first-order valence-electron chi connectivity index (χ1n) is 4.41. The predicted octanol–water partition coefficient (Wildman–Crippen LogP) is 1.36. The van der Waals surface area contributed by atoms with Crippen molar-refractivity contribution in [1.82, 2.24) is 4.90 Å². The Morgan fingerprint density at radius 1 is 1.46 bits per heavy atom. The van der Waals surface area contributed by atoms with Crippen molar-refractivity contribution in [3.05, 3.63) is 0 Å². The van der Waals surface area contributed by atoms with E-state index in [0.29, 0.717) is 13.0 Å². The molecule has 0 aromatic heterocycles. The van der Waals surface area contributed by atoms with Crippen molar-refractivity contribution in [2.75, 3.05) is 13.6 Å². The van der Waals surface area contributed by atoms with Crippen molar-refractivity contribution < 1.29 is 13.2 Å². The van der Waals surface area contributed by atoms with Crippen LogP contribution in [-0.4, -0.2) is 36.8 Å². The van der Waals surface area contributed by atoms with E-state index in [1.165, 1.54) is 0 Å². The van der Waals surface area contributed by atoms with E-state index in [1.54, 1.807) is 11.9 Å². The Hall–Kier alpha value is -0.290. The van der Waals surface area contributed by atoms with Gasteiger partial charge in [-0.05, 0) is 26.4 Å². The minimum atomic E-state index is -4.07. The fourth-order valence-corrected chi connectivity index (χ4v) is 1.71. The summed E-state index contributed by atoms with van der Waals surface area (Å²) in [6.45, 7) is 0.669. The zero-order valence-corrected chi connectivity index (χ0v) is 7.64. The van der Waals surface area contributed by atoms with Crippen molar-refractivity contribution in [3.63, 3.8) is 0 Å². The zero-order chi connectivity index (χ0) is 10.1. The minimum absolute atomic E-state index is 0.0662. The molecule has 1 rings (SSSR count). The first kappa shape index (κ1) is 10.8. The van der Waals surface area contributed by atoms with Gasteiger partial charge in [-0.25, -0.2) is 0 Å². The molecule has 2 atom stereocenters. The van der Waals surface area contributed by atoms with Gasteiger partial charge >= 0.3 is 6.18 Å². The number of nitrogens with zero attached hydrogens (tertiary/aromatic N) is 1. The summed E-state index contributed by atoms with van der Waals surface area (Å²) in [7, 11) is 1.72. The summed E-state index contributed by atoms with van der Waals surface area (Å²) in [6.07, 6.45) is -3.56. The number of hydrogen-bond donors (Lipinski definition) is 1. The van der Waals surface area contributed by atoms with Gasteiger partial charge in [0.2, 0.25) is 0 Å². The van der Waals surface area contributed by atoms with E-state index in [2.05, 4.69) is 0 Å². The number of likely N-dealkylation sites (tertiary alicyclic amines) is 1. The molecule has 1 aliphatic heterocycles. The Balaban J connectivity index is 2.47. The van der Waals surface area contributed by atoms with Crippen LogP contribution in [-0.2, 0) is 0 Å². The lowest BCUT2D eigenvalue weighted by Gasteiger charge is -2.36. The lowest BCUT2D eigenvalue weighted by Crippen LogP contribution is -2.46. The van der Waals surface area contributed by atoms with Gasteiger partial charge in [0.05, 0.1) is 6.42 Å². The van der Waals surface area contributed by atoms with Gasteiger partial charge in [0.25, 0.3) is 0 Å². The van der Waals surface area contributed by atoms with Crippen molar-refractivity contribution in [1.29, 1.82) is 0 Å². The second kappa shape index (κ2) is 3.84. The molecule has 0 radical (unpaired) electrons. The van der Waals surface area contributed by atoms with Gasteiger partial charge < -0.3 is 10.6 Å². The molecule has 0 saturated carbocycles. The van der Waals surface area contributed by atoms with E-state index in [4.69, 9.17) is 5.73 Å². The Kier molecular flexibility index (Phi) is 3.18. The van der Waals surface area contributed by atoms with Gasteiger partial charge in [-0.2, -0.15) is 13.2 Å². The van der Waals surface area contributed by atoms with Crippen LogP contribution in [0.4, 0.5) is 13.2 Å². The van der Waals surface area contributed by atoms with Gasteiger partial charge in [0.1, 0.15) is 0 Å². The van der Waals surface area contributed by atoms with Crippen LogP contribution in [0.15, 0.2) is 0 Å². The molecule has 0 bridgehead atoms. The maximum absolute atomic E-state index is 12.1. The second-order valence-corrected chi connectivity index (χ2v) is 3.74. The van der Waals surface area contributed by atoms with Gasteiger partial charge in [-0.15, -0.1) is 0 Å². The van der Waals surface area contributed by atoms with Crippen LogP contribution < -0.4 is 5.73 Å². The highest BCUT2D eigenvalue weighted by Gasteiger charge is 2.35. The van der Waals surface area contributed by atoms with Crippen molar-refractivity contribution >= 4 is 0 Å². The molecule has 0 aromatic rings. The first-order valence-corrected chi connectivity index (χ1v) is 4.41. The molecule has 1 fully saturated rings. The van der Waals surface area contributed by atoms with Crippen LogP contribution >= 0.6 is 0 Å². The molecule has 1 saturated heterocycles. The third-order valence-corrected chi connectivity index (χ3v) is 2.52. The molecule has 13 heavy (non-hydrogen) atoms. The molecule has 2 N–H and O–H groups in total. The summed E-state index contributed by atoms with van der Waals surface area (Å²) in [5, 5.41) is 0. The quantitative estimate of drug-likeness (QED) is 0.686. The maximum Gasteiger partial charge on any atom is 0.390 e. The van der Waals surface area contributed by atoms with Crippen LogP contribution in [0.25, 0.3) is 0 Å². The Labute approximate surface area is 75.9 Å². The molecule has 0 aliphatic carbocycles. The summed E-state index contributed by atoms with van der Waals surface area (Å²) in [4.78, 5) is 1.75. The summed E-state index contributed by atoms with van der Waals surface area (Å²) in [5.74, 6) is 0. The SMILES string of the molecule is CN1CCC(N)CC1CC(F)(F)F. The molecule has 0 aromatic carbocycles. The number of alkyl halides is 3. The van der Waals surface area contributed by atoms with Crippen LogP contribution in [0.2, 0.25) is 0 Å². The largest absolute Gasteiger partial charge is 0.390 e. The number of hydrogen-bond acceptors (Lipinski definition) is 2. The van der Waals surface area contributed by atoms with Crippen LogP contribution in [0.1, 0.15) is 19.3 Å². The van der Waals surface area contributed by atoms with Crippen LogP contribution in [0.5, 0.6) is 0 Å². The highest BCUT2D eigenvalue weighted by molar-refractivity contribution is 4.83. The Bertz CT molecular complexity index is 169. The second-order valence-electron chi connectivity index (χ2n) is 3.74. The minimum Gasteiger partial charge on any atom is -0.328 e. The fourth-order valence-electron chi connectivity index (χ4n) is 1.71.